The Morgan fingerprint density at radius 2 is 1.93 bits per heavy atom. The van der Waals surface area contributed by atoms with Gasteiger partial charge in [-0.25, -0.2) is 15.0 Å². The molecule has 1 saturated heterocycles. The van der Waals surface area contributed by atoms with Gasteiger partial charge in [-0.2, -0.15) is 0 Å². The fourth-order valence-corrected chi connectivity index (χ4v) is 4.88. The molecule has 1 aliphatic heterocycles. The first kappa shape index (κ1) is 27.6. The van der Waals surface area contributed by atoms with Gasteiger partial charge in [0.2, 0.25) is 0 Å². The molecule has 0 atom stereocenters. The van der Waals surface area contributed by atoms with Crippen LogP contribution in [0.15, 0.2) is 61.1 Å². The van der Waals surface area contributed by atoms with Gasteiger partial charge in [-0.15, -0.1) is 0 Å². The van der Waals surface area contributed by atoms with Crippen molar-refractivity contribution in [3.05, 3.63) is 71.6 Å². The molecule has 5 rings (SSSR count). The first-order chi connectivity index (χ1) is 19.5. The third kappa shape index (κ3) is 6.97. The van der Waals surface area contributed by atoms with Gasteiger partial charge < -0.3 is 25.0 Å². The number of methoxy groups -OCH3 is 1. The Kier molecular flexibility index (Phi) is 8.93. The van der Waals surface area contributed by atoms with Gasteiger partial charge in [-0.1, -0.05) is 24.6 Å². The number of hydrogen-bond acceptors (Lipinski definition) is 8. The maximum absolute atomic E-state index is 12.5. The second-order valence-electron chi connectivity index (χ2n) is 9.99. The Morgan fingerprint density at radius 3 is 2.67 bits per heavy atom. The van der Waals surface area contributed by atoms with E-state index in [0.717, 1.165) is 29.8 Å². The molecule has 1 amide bonds. The van der Waals surface area contributed by atoms with E-state index in [2.05, 4.69) is 37.4 Å². The molecule has 208 valence electrons. The molecule has 40 heavy (non-hydrogen) atoms. The zero-order chi connectivity index (χ0) is 27.9. The van der Waals surface area contributed by atoms with Gasteiger partial charge in [0.15, 0.2) is 11.5 Å². The normalized spacial score (nSPS) is 14.2. The van der Waals surface area contributed by atoms with Crippen LogP contribution >= 0.6 is 11.6 Å². The highest BCUT2D eigenvalue weighted by atomic mass is 35.5. The number of nitrogens with one attached hydrogen (secondary N) is 2. The predicted molar refractivity (Wildman–Crippen MR) is 158 cm³/mol. The number of pyridine rings is 1. The molecule has 0 bridgehead atoms. The lowest BCUT2D eigenvalue weighted by atomic mass is 9.99. The number of nitrogens with zero attached hydrogens (tertiary/aromatic N) is 4. The van der Waals surface area contributed by atoms with E-state index < -0.39 is 0 Å². The highest BCUT2D eigenvalue weighted by Gasteiger charge is 2.16. The molecular weight excluding hydrogens is 528 g/mol. The number of halogens is 1. The summed E-state index contributed by atoms with van der Waals surface area (Å²) >= 11 is 5.99. The van der Waals surface area contributed by atoms with E-state index in [1.807, 2.05) is 18.2 Å². The lowest BCUT2D eigenvalue weighted by molar-refractivity contribution is 0.102. The largest absolute Gasteiger partial charge is 0.493 e. The van der Waals surface area contributed by atoms with Crippen LogP contribution in [-0.4, -0.2) is 59.1 Å². The molecule has 4 aromatic rings. The van der Waals surface area contributed by atoms with Crippen molar-refractivity contribution in [1.29, 1.82) is 0 Å². The average Bonchev–Trinajstić information content (AvgIpc) is 2.97. The predicted octanol–water partition coefficient (Wildman–Crippen LogP) is 6.18. The quantitative estimate of drug-likeness (QED) is 0.222. The van der Waals surface area contributed by atoms with Crippen LogP contribution in [0.4, 0.5) is 17.3 Å². The molecular formula is C30H33ClN6O3. The minimum Gasteiger partial charge on any atom is -0.493 e. The fraction of sp³-hybridized carbons (Fsp3) is 0.333. The summed E-state index contributed by atoms with van der Waals surface area (Å²) in [6.07, 6.45) is 6.63. The molecule has 2 aromatic carbocycles. The molecule has 1 fully saturated rings. The van der Waals surface area contributed by atoms with E-state index in [4.69, 9.17) is 21.1 Å². The second-order valence-corrected chi connectivity index (χ2v) is 10.4. The number of carbonyl (C=O) groups is 1. The molecule has 0 aliphatic carbocycles. The average molecular weight is 561 g/mol. The van der Waals surface area contributed by atoms with Crippen LogP contribution in [-0.2, 0) is 0 Å². The maximum atomic E-state index is 12.5. The van der Waals surface area contributed by atoms with Gasteiger partial charge in [-0.3, -0.25) is 4.79 Å². The highest BCUT2D eigenvalue weighted by molar-refractivity contribution is 6.31. The van der Waals surface area contributed by atoms with Crippen molar-refractivity contribution in [2.45, 2.75) is 26.2 Å². The summed E-state index contributed by atoms with van der Waals surface area (Å²) in [5.41, 5.74) is 1.89. The van der Waals surface area contributed by atoms with Gasteiger partial charge in [0.1, 0.15) is 18.0 Å². The Morgan fingerprint density at radius 1 is 1.07 bits per heavy atom. The molecule has 0 unspecified atom stereocenters. The van der Waals surface area contributed by atoms with Crippen LogP contribution in [0, 0.1) is 5.92 Å². The summed E-state index contributed by atoms with van der Waals surface area (Å²) in [5.74, 6) is 2.85. The highest BCUT2D eigenvalue weighted by Crippen LogP contribution is 2.35. The van der Waals surface area contributed by atoms with Crippen LogP contribution in [0.3, 0.4) is 0 Å². The van der Waals surface area contributed by atoms with Crippen LogP contribution < -0.4 is 20.1 Å². The smallest absolute Gasteiger partial charge is 0.256 e. The van der Waals surface area contributed by atoms with Crippen LogP contribution in [0.5, 0.6) is 11.5 Å². The minimum absolute atomic E-state index is 0.288. The lowest BCUT2D eigenvalue weighted by Crippen LogP contribution is -2.34. The molecule has 0 saturated carbocycles. The molecule has 0 spiro atoms. The van der Waals surface area contributed by atoms with Crippen molar-refractivity contribution in [2.24, 2.45) is 5.92 Å². The number of anilines is 3. The second kappa shape index (κ2) is 12.9. The molecule has 1 aliphatic rings. The number of piperidine rings is 1. The summed E-state index contributed by atoms with van der Waals surface area (Å²) in [4.78, 5) is 28.2. The van der Waals surface area contributed by atoms with E-state index in [1.54, 1.807) is 43.6 Å². The number of hydrogen-bond donors (Lipinski definition) is 2. The Hall–Kier alpha value is -3.95. The van der Waals surface area contributed by atoms with E-state index >= 15 is 0 Å². The molecule has 3 heterocycles. The van der Waals surface area contributed by atoms with Crippen molar-refractivity contribution in [3.8, 4) is 11.5 Å². The van der Waals surface area contributed by atoms with Crippen molar-refractivity contribution >= 4 is 45.7 Å². The molecule has 9 nitrogen and oxygen atoms in total. The van der Waals surface area contributed by atoms with Gasteiger partial charge in [0, 0.05) is 28.6 Å². The van der Waals surface area contributed by atoms with E-state index in [1.165, 1.54) is 32.3 Å². The van der Waals surface area contributed by atoms with Crippen LogP contribution in [0.1, 0.15) is 36.5 Å². The first-order valence-electron chi connectivity index (χ1n) is 13.5. The Balaban J connectivity index is 1.22. The van der Waals surface area contributed by atoms with Crippen molar-refractivity contribution in [3.63, 3.8) is 0 Å². The first-order valence-corrected chi connectivity index (χ1v) is 13.8. The summed E-state index contributed by atoms with van der Waals surface area (Å²) in [7, 11) is 1.63. The zero-order valence-electron chi connectivity index (χ0n) is 22.7. The number of likely N-dealkylation sites (tertiary alicyclic amines) is 1. The van der Waals surface area contributed by atoms with Crippen LogP contribution in [0.2, 0.25) is 5.02 Å². The number of amides is 1. The SMILES string of the molecule is COc1cc2c(Nc3ccc(NC(=O)c4cccc(Cl)c4)nc3)ncnc2cc1OCCCN1CCC(C)CC1. The Bertz CT molecular complexity index is 1460. The number of ether oxygens (including phenoxy) is 2. The number of benzene rings is 2. The topological polar surface area (TPSA) is 102 Å². The molecule has 10 heteroatoms. The summed E-state index contributed by atoms with van der Waals surface area (Å²) in [5, 5.41) is 7.34. The zero-order valence-corrected chi connectivity index (χ0v) is 23.4. The molecule has 0 radical (unpaired) electrons. The summed E-state index contributed by atoms with van der Waals surface area (Å²) in [6.45, 7) is 6.31. The number of fused-ring (bicyclic) bond motifs is 1. The summed E-state index contributed by atoms with van der Waals surface area (Å²) in [6, 6.07) is 14.0. The Labute approximate surface area is 238 Å². The van der Waals surface area contributed by atoms with Crippen molar-refractivity contribution in [2.75, 3.05) is 44.0 Å². The van der Waals surface area contributed by atoms with Crippen molar-refractivity contribution in [1.82, 2.24) is 19.9 Å². The fourth-order valence-electron chi connectivity index (χ4n) is 4.69. The lowest BCUT2D eigenvalue weighted by Gasteiger charge is -2.30. The number of rotatable bonds is 10. The maximum Gasteiger partial charge on any atom is 0.256 e. The number of aromatic nitrogens is 3. The van der Waals surface area contributed by atoms with Gasteiger partial charge in [-0.05, 0) is 74.7 Å². The monoisotopic (exact) mass is 560 g/mol. The van der Waals surface area contributed by atoms with E-state index in [-0.39, 0.29) is 5.91 Å². The summed E-state index contributed by atoms with van der Waals surface area (Å²) < 4.78 is 11.7. The van der Waals surface area contributed by atoms with Gasteiger partial charge in [0.05, 0.1) is 31.1 Å². The minimum atomic E-state index is -0.288. The van der Waals surface area contributed by atoms with Gasteiger partial charge in [0.25, 0.3) is 5.91 Å². The standard InChI is InChI=1S/C30H33ClN6O3/c1-20-9-12-37(13-10-20)11-4-14-40-27-17-25-24(16-26(27)39-2)29(34-19-33-25)35-23-7-8-28(32-18-23)36-30(38)21-5-3-6-22(31)15-21/h3,5-8,15-20H,4,9-14H2,1-2H3,(H,32,36,38)(H,33,34,35). The van der Waals surface area contributed by atoms with Crippen molar-refractivity contribution < 1.29 is 14.3 Å². The third-order valence-corrected chi connectivity index (χ3v) is 7.26. The molecule has 2 N–H and O–H groups in total. The van der Waals surface area contributed by atoms with E-state index in [0.29, 0.717) is 46.0 Å². The number of carbonyl (C=O) groups excluding carboxylic acids is 1. The van der Waals surface area contributed by atoms with E-state index in [9.17, 15) is 4.79 Å². The molecule has 2 aromatic heterocycles. The third-order valence-electron chi connectivity index (χ3n) is 7.03. The van der Waals surface area contributed by atoms with Crippen LogP contribution in [0.25, 0.3) is 10.9 Å². The van der Waals surface area contributed by atoms with Gasteiger partial charge >= 0.3 is 0 Å².